The summed E-state index contributed by atoms with van der Waals surface area (Å²) in [5.41, 5.74) is 2.14. The van der Waals surface area contributed by atoms with Crippen molar-refractivity contribution in [2.75, 3.05) is 0 Å². The molecule has 1 aromatic heterocycles. The van der Waals surface area contributed by atoms with Gasteiger partial charge in [0.2, 0.25) is 0 Å². The standard InChI is InChI=1S/C12H9BrN2O2/c13-10-3-1-2-8(4-10)12-9(5-11(16)17)6-14-7-15-12/h1-4,6-7H,5H2,(H,16,17). The molecule has 1 N–H and O–H groups in total. The van der Waals surface area contributed by atoms with Crippen LogP contribution in [0.15, 0.2) is 41.3 Å². The zero-order chi connectivity index (χ0) is 12.3. The Kier molecular flexibility index (Phi) is 3.49. The van der Waals surface area contributed by atoms with Gasteiger partial charge in [0.25, 0.3) is 0 Å². The average Bonchev–Trinajstić information content (AvgIpc) is 2.29. The number of carboxylic acid groups (broad SMARTS) is 1. The molecule has 0 saturated carbocycles. The van der Waals surface area contributed by atoms with Crippen molar-refractivity contribution in [2.24, 2.45) is 0 Å². The van der Waals surface area contributed by atoms with Crippen LogP contribution in [0.5, 0.6) is 0 Å². The van der Waals surface area contributed by atoms with E-state index in [9.17, 15) is 4.79 Å². The summed E-state index contributed by atoms with van der Waals surface area (Å²) < 4.78 is 0.926. The Balaban J connectivity index is 2.47. The molecule has 0 amide bonds. The third-order valence-corrected chi connectivity index (χ3v) is 2.72. The fourth-order valence-corrected chi connectivity index (χ4v) is 1.95. The molecule has 0 radical (unpaired) electrons. The van der Waals surface area contributed by atoms with Crippen LogP contribution in [0.25, 0.3) is 11.3 Å². The van der Waals surface area contributed by atoms with Gasteiger partial charge in [-0.3, -0.25) is 4.79 Å². The van der Waals surface area contributed by atoms with Gasteiger partial charge in [0.05, 0.1) is 12.1 Å². The van der Waals surface area contributed by atoms with Crippen molar-refractivity contribution in [1.29, 1.82) is 0 Å². The Morgan fingerprint density at radius 2 is 2.24 bits per heavy atom. The van der Waals surface area contributed by atoms with Crippen LogP contribution in [0.1, 0.15) is 5.56 Å². The second kappa shape index (κ2) is 5.05. The quantitative estimate of drug-likeness (QED) is 0.944. The molecule has 0 saturated heterocycles. The number of benzene rings is 1. The molecular formula is C12H9BrN2O2. The number of carbonyl (C=O) groups is 1. The minimum atomic E-state index is -0.893. The predicted octanol–water partition coefficient (Wildman–Crippen LogP) is 2.53. The fraction of sp³-hybridized carbons (Fsp3) is 0.0833. The van der Waals surface area contributed by atoms with Gasteiger partial charge in [-0.1, -0.05) is 28.1 Å². The summed E-state index contributed by atoms with van der Waals surface area (Å²) in [4.78, 5) is 18.8. The molecule has 86 valence electrons. The summed E-state index contributed by atoms with van der Waals surface area (Å²) in [6.07, 6.45) is 2.88. The summed E-state index contributed by atoms with van der Waals surface area (Å²) in [7, 11) is 0. The molecule has 0 atom stereocenters. The van der Waals surface area contributed by atoms with E-state index in [1.165, 1.54) is 12.5 Å². The van der Waals surface area contributed by atoms with Crippen LogP contribution >= 0.6 is 15.9 Å². The van der Waals surface area contributed by atoms with E-state index in [0.717, 1.165) is 10.0 Å². The van der Waals surface area contributed by atoms with E-state index in [4.69, 9.17) is 5.11 Å². The van der Waals surface area contributed by atoms with Crippen LogP contribution in [-0.4, -0.2) is 21.0 Å². The number of carboxylic acids is 1. The Bertz CT molecular complexity index is 558. The topological polar surface area (TPSA) is 63.1 Å². The minimum Gasteiger partial charge on any atom is -0.481 e. The number of aliphatic carboxylic acids is 1. The normalized spacial score (nSPS) is 10.2. The molecule has 0 aliphatic carbocycles. The first kappa shape index (κ1) is 11.7. The molecule has 0 aliphatic heterocycles. The van der Waals surface area contributed by atoms with Gasteiger partial charge in [-0.15, -0.1) is 0 Å². The van der Waals surface area contributed by atoms with Gasteiger partial charge < -0.3 is 5.11 Å². The summed E-state index contributed by atoms with van der Waals surface area (Å²) in [6.45, 7) is 0. The van der Waals surface area contributed by atoms with Crippen molar-refractivity contribution in [2.45, 2.75) is 6.42 Å². The highest BCUT2D eigenvalue weighted by Gasteiger charge is 2.10. The lowest BCUT2D eigenvalue weighted by molar-refractivity contribution is -0.136. The van der Waals surface area contributed by atoms with Crippen LogP contribution in [0, 0.1) is 0 Å². The van der Waals surface area contributed by atoms with Crippen molar-refractivity contribution in [3.05, 3.63) is 46.8 Å². The Morgan fingerprint density at radius 3 is 2.94 bits per heavy atom. The highest BCUT2D eigenvalue weighted by molar-refractivity contribution is 9.10. The van der Waals surface area contributed by atoms with E-state index in [2.05, 4.69) is 25.9 Å². The number of aromatic nitrogens is 2. The SMILES string of the molecule is O=C(O)Cc1cncnc1-c1cccc(Br)c1. The molecule has 0 fully saturated rings. The molecule has 0 aliphatic rings. The predicted molar refractivity (Wildman–Crippen MR) is 66.5 cm³/mol. The molecule has 2 aromatic rings. The Morgan fingerprint density at radius 1 is 1.41 bits per heavy atom. The van der Waals surface area contributed by atoms with Crippen LogP contribution in [0.2, 0.25) is 0 Å². The van der Waals surface area contributed by atoms with Crippen LogP contribution in [0.4, 0.5) is 0 Å². The average molecular weight is 293 g/mol. The van der Waals surface area contributed by atoms with Gasteiger partial charge in [0, 0.05) is 21.8 Å². The molecule has 4 nitrogen and oxygen atoms in total. The number of hydrogen-bond donors (Lipinski definition) is 1. The molecule has 0 bridgehead atoms. The zero-order valence-corrected chi connectivity index (χ0v) is 10.4. The third-order valence-electron chi connectivity index (χ3n) is 2.23. The van der Waals surface area contributed by atoms with E-state index in [0.29, 0.717) is 11.3 Å². The molecule has 5 heteroatoms. The van der Waals surface area contributed by atoms with Gasteiger partial charge in [0.1, 0.15) is 6.33 Å². The van der Waals surface area contributed by atoms with Crippen molar-refractivity contribution in [1.82, 2.24) is 9.97 Å². The molecule has 0 spiro atoms. The molecule has 0 unspecified atom stereocenters. The monoisotopic (exact) mass is 292 g/mol. The van der Waals surface area contributed by atoms with Gasteiger partial charge in [-0.25, -0.2) is 9.97 Å². The molecular weight excluding hydrogens is 284 g/mol. The van der Waals surface area contributed by atoms with Crippen molar-refractivity contribution in [3.8, 4) is 11.3 Å². The summed E-state index contributed by atoms with van der Waals surface area (Å²) in [5, 5.41) is 8.83. The molecule has 1 aromatic carbocycles. The lowest BCUT2D eigenvalue weighted by Crippen LogP contribution is -2.03. The molecule has 2 rings (SSSR count). The van der Waals surface area contributed by atoms with Crippen LogP contribution in [-0.2, 0) is 11.2 Å². The van der Waals surface area contributed by atoms with Crippen LogP contribution < -0.4 is 0 Å². The van der Waals surface area contributed by atoms with Gasteiger partial charge >= 0.3 is 5.97 Å². The first-order chi connectivity index (χ1) is 8.16. The largest absolute Gasteiger partial charge is 0.481 e. The summed E-state index contributed by atoms with van der Waals surface area (Å²) >= 11 is 3.38. The van der Waals surface area contributed by atoms with E-state index in [1.807, 2.05) is 24.3 Å². The third kappa shape index (κ3) is 2.88. The smallest absolute Gasteiger partial charge is 0.307 e. The number of halogens is 1. The van der Waals surface area contributed by atoms with Gasteiger partial charge in [-0.2, -0.15) is 0 Å². The number of nitrogens with zero attached hydrogens (tertiary/aromatic N) is 2. The second-order valence-electron chi connectivity index (χ2n) is 3.48. The lowest BCUT2D eigenvalue weighted by atomic mass is 10.1. The second-order valence-corrected chi connectivity index (χ2v) is 4.39. The van der Waals surface area contributed by atoms with E-state index in [-0.39, 0.29) is 6.42 Å². The van der Waals surface area contributed by atoms with Crippen molar-refractivity contribution >= 4 is 21.9 Å². The van der Waals surface area contributed by atoms with Gasteiger partial charge in [0.15, 0.2) is 0 Å². The zero-order valence-electron chi connectivity index (χ0n) is 8.80. The number of rotatable bonds is 3. The van der Waals surface area contributed by atoms with Crippen molar-refractivity contribution in [3.63, 3.8) is 0 Å². The molecule has 1 heterocycles. The van der Waals surface area contributed by atoms with Gasteiger partial charge in [-0.05, 0) is 12.1 Å². The van der Waals surface area contributed by atoms with E-state index >= 15 is 0 Å². The lowest BCUT2D eigenvalue weighted by Gasteiger charge is -2.06. The maximum atomic E-state index is 10.8. The first-order valence-electron chi connectivity index (χ1n) is 4.93. The first-order valence-corrected chi connectivity index (χ1v) is 5.73. The molecule has 17 heavy (non-hydrogen) atoms. The van der Waals surface area contributed by atoms with Crippen molar-refractivity contribution < 1.29 is 9.90 Å². The van der Waals surface area contributed by atoms with Crippen LogP contribution in [0.3, 0.4) is 0 Å². The van der Waals surface area contributed by atoms with E-state index < -0.39 is 5.97 Å². The maximum Gasteiger partial charge on any atom is 0.307 e. The minimum absolute atomic E-state index is 0.0807. The summed E-state index contributed by atoms with van der Waals surface area (Å²) in [5.74, 6) is -0.893. The van der Waals surface area contributed by atoms with E-state index in [1.54, 1.807) is 0 Å². The fourth-order valence-electron chi connectivity index (χ4n) is 1.55. The highest BCUT2D eigenvalue weighted by Crippen LogP contribution is 2.23. The Hall–Kier alpha value is -1.75. The Labute approximate surface area is 106 Å². The number of hydrogen-bond acceptors (Lipinski definition) is 3. The summed E-state index contributed by atoms with van der Waals surface area (Å²) in [6, 6.07) is 7.57. The maximum absolute atomic E-state index is 10.8. The highest BCUT2D eigenvalue weighted by atomic mass is 79.9.